The smallest absolute Gasteiger partial charge is 0.356 e. The molecule has 0 saturated carbocycles. The summed E-state index contributed by atoms with van der Waals surface area (Å²) in [6.45, 7) is 9.30. The summed E-state index contributed by atoms with van der Waals surface area (Å²) >= 11 is 0. The van der Waals surface area contributed by atoms with Gasteiger partial charge >= 0.3 is 5.97 Å². The van der Waals surface area contributed by atoms with Crippen LogP contribution in [-0.4, -0.2) is 34.6 Å². The Labute approximate surface area is 222 Å². The number of nitrogens with zero attached hydrogens (tertiary/aromatic N) is 2. The summed E-state index contributed by atoms with van der Waals surface area (Å²) in [5, 5.41) is 6.87. The zero-order chi connectivity index (χ0) is 27.2. The van der Waals surface area contributed by atoms with Crippen molar-refractivity contribution < 1.29 is 23.5 Å². The van der Waals surface area contributed by atoms with Crippen molar-refractivity contribution in [3.05, 3.63) is 71.9 Å². The van der Waals surface area contributed by atoms with Crippen molar-refractivity contribution in [2.75, 3.05) is 17.7 Å². The maximum atomic E-state index is 13.0. The van der Waals surface area contributed by atoms with Crippen molar-refractivity contribution in [1.82, 2.24) is 9.55 Å². The number of carbonyl (C=O) groups is 2. The quantitative estimate of drug-likeness (QED) is 0.231. The molecule has 38 heavy (non-hydrogen) atoms. The molecule has 0 saturated heterocycles. The highest BCUT2D eigenvalue weighted by Crippen LogP contribution is 2.34. The summed E-state index contributed by atoms with van der Waals surface area (Å²) in [6.07, 6.45) is 4.08. The summed E-state index contributed by atoms with van der Waals surface area (Å²) < 4.78 is 17.9. The zero-order valence-electron chi connectivity index (χ0n) is 22.4. The van der Waals surface area contributed by atoms with E-state index >= 15 is 0 Å². The average Bonchev–Trinajstić information content (AvgIpc) is 3.53. The molecule has 1 aromatic carbocycles. The minimum Gasteiger partial charge on any atom is -0.491 e. The third-order valence-corrected chi connectivity index (χ3v) is 5.98. The Morgan fingerprint density at radius 1 is 1.11 bits per heavy atom. The molecule has 9 heteroatoms. The molecule has 0 bridgehead atoms. The van der Waals surface area contributed by atoms with Crippen molar-refractivity contribution in [3.8, 4) is 5.75 Å². The maximum Gasteiger partial charge on any atom is 0.356 e. The van der Waals surface area contributed by atoms with E-state index in [-0.39, 0.29) is 17.6 Å². The number of nitrogens with one attached hydrogen (secondary N) is 2. The van der Waals surface area contributed by atoms with Crippen LogP contribution in [-0.2, 0) is 17.8 Å². The molecule has 0 unspecified atom stereocenters. The number of furan rings is 1. The van der Waals surface area contributed by atoms with E-state index in [1.165, 1.54) is 13.4 Å². The number of fused-ring (bicyclic) bond motifs is 1. The Kier molecular flexibility index (Phi) is 8.35. The molecule has 0 spiro atoms. The van der Waals surface area contributed by atoms with Gasteiger partial charge in [-0.15, -0.1) is 0 Å². The lowest BCUT2D eigenvalue weighted by atomic mass is 10.1. The molecule has 0 fully saturated rings. The topological polar surface area (TPSA) is 108 Å². The second-order valence-corrected chi connectivity index (χ2v) is 9.74. The number of aryl methyl sites for hydroxylation is 1. The van der Waals surface area contributed by atoms with Gasteiger partial charge in [0.05, 0.1) is 37.0 Å². The van der Waals surface area contributed by atoms with Crippen LogP contribution in [0.15, 0.2) is 59.3 Å². The van der Waals surface area contributed by atoms with Gasteiger partial charge in [-0.3, -0.25) is 4.79 Å². The molecule has 0 aliphatic carbocycles. The van der Waals surface area contributed by atoms with Crippen LogP contribution in [0.1, 0.15) is 60.7 Å². The van der Waals surface area contributed by atoms with Crippen LogP contribution in [0.5, 0.6) is 5.75 Å². The number of methoxy groups -OCH3 is 1. The van der Waals surface area contributed by atoms with E-state index in [4.69, 9.17) is 13.9 Å². The number of benzene rings is 1. The van der Waals surface area contributed by atoms with Gasteiger partial charge in [0.15, 0.2) is 11.5 Å². The number of ether oxygens (including phenoxy) is 2. The van der Waals surface area contributed by atoms with Gasteiger partial charge in [-0.2, -0.15) is 0 Å². The number of hydrogen-bond donors (Lipinski definition) is 2. The van der Waals surface area contributed by atoms with Gasteiger partial charge in [0, 0.05) is 18.5 Å². The van der Waals surface area contributed by atoms with E-state index in [9.17, 15) is 9.59 Å². The molecule has 4 aromatic rings. The predicted molar refractivity (Wildman–Crippen MR) is 147 cm³/mol. The highest BCUT2D eigenvalue weighted by molar-refractivity contribution is 6.14. The number of amides is 1. The van der Waals surface area contributed by atoms with E-state index in [0.717, 1.165) is 23.4 Å². The highest BCUT2D eigenvalue weighted by Gasteiger charge is 2.27. The standard InChI is InChI=1S/C29H34N4O5/c1-18(2)12-13-33-26(29(35)36-5)25(32-28(34)24-7-6-14-37-24)23-15-21(17-31-27(23)33)30-16-20-8-10-22(11-9-20)38-19(3)4/h6-11,14-15,17-19,30H,12-13,16H2,1-5H3,(H,32,34). The van der Waals surface area contributed by atoms with E-state index < -0.39 is 11.9 Å². The Morgan fingerprint density at radius 2 is 1.87 bits per heavy atom. The van der Waals surface area contributed by atoms with E-state index in [0.29, 0.717) is 35.7 Å². The van der Waals surface area contributed by atoms with E-state index in [1.807, 2.05) is 48.7 Å². The molecule has 0 radical (unpaired) electrons. The number of esters is 1. The second-order valence-electron chi connectivity index (χ2n) is 9.74. The van der Waals surface area contributed by atoms with Crippen LogP contribution in [0.4, 0.5) is 11.4 Å². The first-order valence-corrected chi connectivity index (χ1v) is 12.7. The summed E-state index contributed by atoms with van der Waals surface area (Å²) in [5.74, 6) is 0.333. The molecule has 1 amide bonds. The summed E-state index contributed by atoms with van der Waals surface area (Å²) in [6, 6.07) is 13.0. The molecule has 3 heterocycles. The minimum absolute atomic E-state index is 0.113. The summed E-state index contributed by atoms with van der Waals surface area (Å²) in [5.41, 5.74) is 2.97. The fourth-order valence-electron chi connectivity index (χ4n) is 4.11. The van der Waals surface area contributed by atoms with Crippen LogP contribution in [0.2, 0.25) is 0 Å². The monoisotopic (exact) mass is 518 g/mol. The third kappa shape index (κ3) is 6.16. The lowest BCUT2D eigenvalue weighted by Gasteiger charge is -2.12. The average molecular weight is 519 g/mol. The highest BCUT2D eigenvalue weighted by atomic mass is 16.5. The first-order valence-electron chi connectivity index (χ1n) is 12.7. The van der Waals surface area contributed by atoms with Crippen LogP contribution < -0.4 is 15.4 Å². The predicted octanol–water partition coefficient (Wildman–Crippen LogP) is 6.11. The van der Waals surface area contributed by atoms with Gasteiger partial charge in [0.25, 0.3) is 5.91 Å². The van der Waals surface area contributed by atoms with Gasteiger partial charge in [0.2, 0.25) is 0 Å². The molecule has 200 valence electrons. The van der Waals surface area contributed by atoms with Gasteiger partial charge in [-0.1, -0.05) is 26.0 Å². The number of pyridine rings is 1. The van der Waals surface area contributed by atoms with Crippen LogP contribution >= 0.6 is 0 Å². The third-order valence-electron chi connectivity index (χ3n) is 5.98. The molecule has 0 aliphatic heterocycles. The van der Waals surface area contributed by atoms with Gasteiger partial charge < -0.3 is 29.1 Å². The van der Waals surface area contributed by atoms with Crippen molar-refractivity contribution in [1.29, 1.82) is 0 Å². The van der Waals surface area contributed by atoms with Crippen LogP contribution in [0.3, 0.4) is 0 Å². The summed E-state index contributed by atoms with van der Waals surface area (Å²) in [7, 11) is 1.32. The Balaban J connectivity index is 1.69. The lowest BCUT2D eigenvalue weighted by Crippen LogP contribution is -2.17. The fourth-order valence-corrected chi connectivity index (χ4v) is 4.11. The second kappa shape index (κ2) is 11.9. The lowest BCUT2D eigenvalue weighted by molar-refractivity contribution is 0.0589. The van der Waals surface area contributed by atoms with Crippen molar-refractivity contribution in [2.45, 2.75) is 53.3 Å². The number of carbonyl (C=O) groups excluding carboxylic acids is 2. The molecule has 9 nitrogen and oxygen atoms in total. The van der Waals surface area contributed by atoms with E-state index in [1.54, 1.807) is 18.3 Å². The van der Waals surface area contributed by atoms with Gasteiger partial charge in [-0.05, 0) is 62.1 Å². The van der Waals surface area contributed by atoms with Gasteiger partial charge in [-0.25, -0.2) is 9.78 Å². The summed E-state index contributed by atoms with van der Waals surface area (Å²) in [4.78, 5) is 30.6. The van der Waals surface area contributed by atoms with Crippen LogP contribution in [0, 0.1) is 5.92 Å². The number of hydrogen-bond acceptors (Lipinski definition) is 7. The molecule has 0 atom stereocenters. The van der Waals surface area contributed by atoms with Crippen LogP contribution in [0.25, 0.3) is 11.0 Å². The number of anilines is 2. The molecular formula is C29H34N4O5. The molecular weight excluding hydrogens is 484 g/mol. The first kappa shape index (κ1) is 26.8. The molecule has 4 rings (SSSR count). The number of rotatable bonds is 11. The minimum atomic E-state index is -0.556. The molecule has 0 aliphatic rings. The number of aromatic nitrogens is 2. The largest absolute Gasteiger partial charge is 0.491 e. The normalized spacial score (nSPS) is 11.2. The fraction of sp³-hybridized carbons (Fsp3) is 0.345. The maximum absolute atomic E-state index is 13.0. The van der Waals surface area contributed by atoms with E-state index in [2.05, 4.69) is 29.5 Å². The Morgan fingerprint density at radius 3 is 2.50 bits per heavy atom. The molecule has 3 aromatic heterocycles. The first-order chi connectivity index (χ1) is 18.3. The van der Waals surface area contributed by atoms with Gasteiger partial charge in [0.1, 0.15) is 11.4 Å². The van der Waals surface area contributed by atoms with Crippen molar-refractivity contribution >= 4 is 34.3 Å². The van der Waals surface area contributed by atoms with Crippen molar-refractivity contribution in [2.24, 2.45) is 5.92 Å². The Bertz CT molecular complexity index is 1390. The molecule has 2 N–H and O–H groups in total. The van der Waals surface area contributed by atoms with Crippen molar-refractivity contribution in [3.63, 3.8) is 0 Å². The zero-order valence-corrected chi connectivity index (χ0v) is 22.4. The SMILES string of the molecule is COC(=O)c1c(NC(=O)c2ccco2)c2cc(NCc3ccc(OC(C)C)cc3)cnc2n1CCC(C)C. The Hall–Kier alpha value is -4.27.